The van der Waals surface area contributed by atoms with Gasteiger partial charge in [-0.15, -0.1) is 0 Å². The summed E-state index contributed by atoms with van der Waals surface area (Å²) < 4.78 is 4.99. The van der Waals surface area contributed by atoms with Gasteiger partial charge in [0, 0.05) is 17.8 Å². The van der Waals surface area contributed by atoms with Gasteiger partial charge in [0.2, 0.25) is 0 Å². The molecule has 0 aliphatic carbocycles. The number of carbonyl (C=O) groups excluding carboxylic acids is 1. The Morgan fingerprint density at radius 3 is 2.91 bits per heavy atom. The van der Waals surface area contributed by atoms with Gasteiger partial charge in [0.15, 0.2) is 6.29 Å². The third kappa shape index (κ3) is 1.55. The SMILES string of the molecule is COc1cc(C=O)ncc1C. The van der Waals surface area contributed by atoms with Crippen LogP contribution in [0.4, 0.5) is 0 Å². The molecule has 0 spiro atoms. The predicted molar refractivity (Wildman–Crippen MR) is 40.9 cm³/mol. The van der Waals surface area contributed by atoms with Crippen LogP contribution in [-0.2, 0) is 0 Å². The lowest BCUT2D eigenvalue weighted by molar-refractivity contribution is 0.111. The highest BCUT2D eigenvalue weighted by Crippen LogP contribution is 2.15. The lowest BCUT2D eigenvalue weighted by Crippen LogP contribution is -1.92. The first kappa shape index (κ1) is 7.72. The Morgan fingerprint density at radius 2 is 2.36 bits per heavy atom. The molecule has 1 aromatic rings. The number of aldehydes is 1. The molecular formula is C8H9NO2. The van der Waals surface area contributed by atoms with Crippen LogP contribution in [0.25, 0.3) is 0 Å². The van der Waals surface area contributed by atoms with Crippen LogP contribution in [0.15, 0.2) is 12.3 Å². The standard InChI is InChI=1S/C8H9NO2/c1-6-4-9-7(5-10)3-8(6)11-2/h3-5H,1-2H3. The van der Waals surface area contributed by atoms with Gasteiger partial charge in [0.05, 0.1) is 7.11 Å². The number of methoxy groups -OCH3 is 1. The molecule has 0 saturated heterocycles. The summed E-state index contributed by atoms with van der Waals surface area (Å²) >= 11 is 0. The highest BCUT2D eigenvalue weighted by molar-refractivity contribution is 5.72. The van der Waals surface area contributed by atoms with Gasteiger partial charge >= 0.3 is 0 Å². The first-order chi connectivity index (χ1) is 5.27. The van der Waals surface area contributed by atoms with Crippen LogP contribution in [0.1, 0.15) is 16.1 Å². The van der Waals surface area contributed by atoms with E-state index in [4.69, 9.17) is 4.74 Å². The minimum atomic E-state index is 0.396. The molecule has 3 nitrogen and oxygen atoms in total. The van der Waals surface area contributed by atoms with E-state index in [1.54, 1.807) is 19.4 Å². The molecule has 0 bridgehead atoms. The summed E-state index contributed by atoms with van der Waals surface area (Å²) in [5.41, 5.74) is 1.32. The van der Waals surface area contributed by atoms with E-state index in [1.807, 2.05) is 6.92 Å². The Morgan fingerprint density at radius 1 is 1.64 bits per heavy atom. The van der Waals surface area contributed by atoms with Gasteiger partial charge in [0.1, 0.15) is 11.4 Å². The summed E-state index contributed by atoms with van der Waals surface area (Å²) in [5.74, 6) is 0.696. The smallest absolute Gasteiger partial charge is 0.168 e. The first-order valence-corrected chi connectivity index (χ1v) is 3.23. The molecule has 58 valence electrons. The van der Waals surface area contributed by atoms with Crippen molar-refractivity contribution in [2.75, 3.05) is 7.11 Å². The summed E-state index contributed by atoms with van der Waals surface area (Å²) in [4.78, 5) is 14.1. The maximum absolute atomic E-state index is 10.3. The van der Waals surface area contributed by atoms with Crippen LogP contribution in [0.2, 0.25) is 0 Å². The van der Waals surface area contributed by atoms with E-state index in [0.717, 1.165) is 5.56 Å². The number of hydrogen-bond acceptors (Lipinski definition) is 3. The fourth-order valence-corrected chi connectivity index (χ4v) is 0.805. The van der Waals surface area contributed by atoms with E-state index in [0.29, 0.717) is 17.7 Å². The van der Waals surface area contributed by atoms with E-state index < -0.39 is 0 Å². The van der Waals surface area contributed by atoms with E-state index in [9.17, 15) is 4.79 Å². The van der Waals surface area contributed by atoms with E-state index in [1.165, 1.54) is 0 Å². The molecule has 0 saturated carbocycles. The first-order valence-electron chi connectivity index (χ1n) is 3.23. The van der Waals surface area contributed by atoms with E-state index in [-0.39, 0.29) is 0 Å². The van der Waals surface area contributed by atoms with Gasteiger partial charge < -0.3 is 4.74 Å². The molecule has 0 aliphatic heterocycles. The number of nitrogens with zero attached hydrogens (tertiary/aromatic N) is 1. The van der Waals surface area contributed by atoms with Crippen LogP contribution in [0.5, 0.6) is 5.75 Å². The highest BCUT2D eigenvalue weighted by atomic mass is 16.5. The van der Waals surface area contributed by atoms with Crippen molar-refractivity contribution < 1.29 is 9.53 Å². The summed E-state index contributed by atoms with van der Waals surface area (Å²) in [7, 11) is 1.57. The topological polar surface area (TPSA) is 39.2 Å². The highest BCUT2D eigenvalue weighted by Gasteiger charge is 1.99. The molecule has 0 fully saturated rings. The molecule has 0 radical (unpaired) electrons. The number of hydrogen-bond donors (Lipinski definition) is 0. The molecule has 3 heteroatoms. The van der Waals surface area contributed by atoms with Gasteiger partial charge in [-0.2, -0.15) is 0 Å². The van der Waals surface area contributed by atoms with Gasteiger partial charge in [-0.05, 0) is 6.92 Å². The van der Waals surface area contributed by atoms with Crippen molar-refractivity contribution in [3.63, 3.8) is 0 Å². The molecular weight excluding hydrogens is 142 g/mol. The maximum atomic E-state index is 10.3. The lowest BCUT2D eigenvalue weighted by Gasteiger charge is -2.02. The second-order valence-electron chi connectivity index (χ2n) is 2.20. The zero-order chi connectivity index (χ0) is 8.27. The van der Waals surface area contributed by atoms with Crippen molar-refractivity contribution in [1.29, 1.82) is 0 Å². The number of aryl methyl sites for hydroxylation is 1. The Labute approximate surface area is 65.0 Å². The fourth-order valence-electron chi connectivity index (χ4n) is 0.805. The number of ether oxygens (including phenoxy) is 1. The molecule has 0 amide bonds. The number of pyridine rings is 1. The van der Waals surface area contributed by atoms with Crippen LogP contribution < -0.4 is 4.74 Å². The zero-order valence-corrected chi connectivity index (χ0v) is 6.50. The quantitative estimate of drug-likeness (QED) is 0.596. The fraction of sp³-hybridized carbons (Fsp3) is 0.250. The minimum absolute atomic E-state index is 0.396. The average molecular weight is 151 g/mol. The molecule has 0 unspecified atom stereocenters. The predicted octanol–water partition coefficient (Wildman–Crippen LogP) is 1.21. The summed E-state index contributed by atoms with van der Waals surface area (Å²) in [6, 6.07) is 1.61. The van der Waals surface area contributed by atoms with Crippen molar-refractivity contribution in [3.8, 4) is 5.75 Å². The Bertz CT molecular complexity index is 271. The molecule has 0 aliphatic rings. The Balaban J connectivity index is 3.12. The van der Waals surface area contributed by atoms with Crippen molar-refractivity contribution in [2.45, 2.75) is 6.92 Å². The van der Waals surface area contributed by atoms with Crippen molar-refractivity contribution >= 4 is 6.29 Å². The van der Waals surface area contributed by atoms with E-state index >= 15 is 0 Å². The van der Waals surface area contributed by atoms with Gasteiger partial charge in [-0.25, -0.2) is 0 Å². The number of carbonyl (C=O) groups is 1. The van der Waals surface area contributed by atoms with Gasteiger partial charge in [-0.1, -0.05) is 0 Å². The average Bonchev–Trinajstić information content (AvgIpc) is 2.05. The molecule has 0 N–H and O–H groups in total. The second kappa shape index (κ2) is 3.14. The van der Waals surface area contributed by atoms with E-state index in [2.05, 4.69) is 4.98 Å². The molecule has 11 heavy (non-hydrogen) atoms. The Hall–Kier alpha value is -1.38. The molecule has 1 aromatic heterocycles. The van der Waals surface area contributed by atoms with Gasteiger partial charge in [0.25, 0.3) is 0 Å². The van der Waals surface area contributed by atoms with Crippen LogP contribution >= 0.6 is 0 Å². The number of rotatable bonds is 2. The van der Waals surface area contributed by atoms with Gasteiger partial charge in [-0.3, -0.25) is 9.78 Å². The Kier molecular flexibility index (Phi) is 2.21. The molecule has 1 heterocycles. The monoisotopic (exact) mass is 151 g/mol. The molecule has 1 rings (SSSR count). The van der Waals surface area contributed by atoms with Crippen LogP contribution in [0.3, 0.4) is 0 Å². The minimum Gasteiger partial charge on any atom is -0.496 e. The molecule has 0 atom stereocenters. The molecule has 0 aromatic carbocycles. The summed E-state index contributed by atoms with van der Waals surface area (Å²) in [6.45, 7) is 1.88. The summed E-state index contributed by atoms with van der Waals surface area (Å²) in [5, 5.41) is 0. The third-order valence-corrected chi connectivity index (χ3v) is 1.42. The lowest BCUT2D eigenvalue weighted by atomic mass is 10.2. The summed E-state index contributed by atoms with van der Waals surface area (Å²) in [6.07, 6.45) is 2.31. The largest absolute Gasteiger partial charge is 0.496 e. The van der Waals surface area contributed by atoms with Crippen LogP contribution in [-0.4, -0.2) is 18.4 Å². The van der Waals surface area contributed by atoms with Crippen LogP contribution in [0, 0.1) is 6.92 Å². The van der Waals surface area contributed by atoms with Crippen molar-refractivity contribution in [1.82, 2.24) is 4.98 Å². The van der Waals surface area contributed by atoms with Crippen molar-refractivity contribution in [3.05, 3.63) is 23.5 Å². The second-order valence-corrected chi connectivity index (χ2v) is 2.20. The number of aromatic nitrogens is 1. The normalized spacial score (nSPS) is 9.27. The van der Waals surface area contributed by atoms with Crippen molar-refractivity contribution in [2.24, 2.45) is 0 Å². The third-order valence-electron chi connectivity index (χ3n) is 1.42. The zero-order valence-electron chi connectivity index (χ0n) is 6.50. The maximum Gasteiger partial charge on any atom is 0.168 e.